The summed E-state index contributed by atoms with van der Waals surface area (Å²) in [5.74, 6) is 0. The van der Waals surface area contributed by atoms with E-state index in [0.29, 0.717) is 0 Å². The standard InChI is InChI=1S/C9H14.2C6H5.Pt/c1-9-7-5-3-2-4-6-8-9;2*1-2-4-6-5-3-1;/h2-3,8H,4-7H2,1H3;2*1-5H;/b3-2-,9-8-;;;. The third-order valence-corrected chi connectivity index (χ3v) is 6.13. The van der Waals surface area contributed by atoms with Crippen LogP contribution in [-0.4, -0.2) is 0 Å². The summed E-state index contributed by atoms with van der Waals surface area (Å²) < 4.78 is 2.96. The molecule has 0 radical (unpaired) electrons. The second-order valence-corrected chi connectivity index (χ2v) is 8.43. The molecular weight excluding hydrogens is 447 g/mol. The first-order valence-corrected chi connectivity index (χ1v) is 10.1. The number of hydrogen-bond donors (Lipinski definition) is 0. The van der Waals surface area contributed by atoms with E-state index in [2.05, 4.69) is 85.8 Å². The molecule has 22 heavy (non-hydrogen) atoms. The Hall–Kier alpha value is -1.39. The first-order chi connectivity index (χ1) is 10.8. The maximum absolute atomic E-state index is 2.35. The van der Waals surface area contributed by atoms with E-state index in [1.54, 1.807) is 5.57 Å². The van der Waals surface area contributed by atoms with Crippen molar-refractivity contribution in [3.05, 3.63) is 84.5 Å². The van der Waals surface area contributed by atoms with E-state index in [4.69, 9.17) is 0 Å². The molecular formula is C21H24Pt. The van der Waals surface area contributed by atoms with Crippen molar-refractivity contribution < 1.29 is 18.6 Å². The van der Waals surface area contributed by atoms with Gasteiger partial charge in [0.1, 0.15) is 0 Å². The molecule has 0 aliphatic heterocycles. The minimum absolute atomic E-state index is 0.0186. The molecule has 1 heteroatoms. The van der Waals surface area contributed by atoms with Gasteiger partial charge in [0.2, 0.25) is 0 Å². The van der Waals surface area contributed by atoms with Gasteiger partial charge in [0.25, 0.3) is 0 Å². The average molecular weight is 472 g/mol. The summed E-state index contributed by atoms with van der Waals surface area (Å²) in [6.07, 6.45) is 11.9. The van der Waals surface area contributed by atoms with Gasteiger partial charge in [-0.15, -0.1) is 0 Å². The van der Waals surface area contributed by atoms with Gasteiger partial charge in [-0.05, 0) is 32.6 Å². The zero-order valence-electron chi connectivity index (χ0n) is 13.2. The van der Waals surface area contributed by atoms with Crippen LogP contribution in [0.15, 0.2) is 84.5 Å². The van der Waals surface area contributed by atoms with Gasteiger partial charge in [0.05, 0.1) is 0 Å². The Labute approximate surface area is 143 Å². The average Bonchev–Trinajstić information content (AvgIpc) is 2.54. The molecule has 0 heterocycles. The number of rotatable bonds is 2. The van der Waals surface area contributed by atoms with Gasteiger partial charge in [-0.25, -0.2) is 0 Å². The molecule has 1 aliphatic rings. The van der Waals surface area contributed by atoms with Crippen molar-refractivity contribution in [3.8, 4) is 0 Å². The van der Waals surface area contributed by atoms with Crippen LogP contribution in [0.4, 0.5) is 0 Å². The second kappa shape index (κ2) is 10.4. The fraction of sp³-hybridized carbons (Fsp3) is 0.238. The molecule has 118 valence electrons. The van der Waals surface area contributed by atoms with E-state index in [-0.39, 0.29) is 18.6 Å². The zero-order chi connectivity index (χ0) is 15.5. The number of allylic oxidation sites excluding steroid dienone is 4. The summed E-state index contributed by atoms with van der Waals surface area (Å²) in [6, 6.07) is 21.4. The fourth-order valence-corrected chi connectivity index (χ4v) is 4.48. The summed E-state index contributed by atoms with van der Waals surface area (Å²) in [6.45, 7) is 2.22. The molecule has 3 rings (SSSR count). The summed E-state index contributed by atoms with van der Waals surface area (Å²) in [4.78, 5) is 0. The molecule has 0 N–H and O–H groups in total. The van der Waals surface area contributed by atoms with E-state index in [0.717, 1.165) is 0 Å². The first kappa shape index (κ1) is 17.0. The molecule has 0 spiro atoms. The molecule has 2 aromatic carbocycles. The van der Waals surface area contributed by atoms with Crippen LogP contribution < -0.4 is 7.91 Å². The van der Waals surface area contributed by atoms with E-state index >= 15 is 0 Å². The quantitative estimate of drug-likeness (QED) is 0.553. The maximum atomic E-state index is 2.35. The van der Waals surface area contributed by atoms with Crippen LogP contribution in [0.2, 0.25) is 0 Å². The van der Waals surface area contributed by atoms with Crippen LogP contribution in [0.1, 0.15) is 32.6 Å². The monoisotopic (exact) mass is 471 g/mol. The predicted octanol–water partition coefficient (Wildman–Crippen LogP) is 4.78. The Morgan fingerprint density at radius 1 is 0.682 bits per heavy atom. The minimum atomic E-state index is 0.0186. The third-order valence-electron chi connectivity index (χ3n) is 3.31. The Balaban J connectivity index is 0.000000172. The van der Waals surface area contributed by atoms with Crippen LogP contribution in [-0.2, 0) is 18.6 Å². The summed E-state index contributed by atoms with van der Waals surface area (Å²) >= 11 is 0.0186. The predicted molar refractivity (Wildman–Crippen MR) is 93.5 cm³/mol. The van der Waals surface area contributed by atoms with Crippen molar-refractivity contribution in [2.24, 2.45) is 0 Å². The molecule has 0 fully saturated rings. The SMILES string of the molecule is C/C1=C/CC/C=C\CC1.c1cc[c]([Pt][c]2ccccc2)cc1. The molecule has 0 saturated carbocycles. The molecule has 0 aromatic heterocycles. The number of benzene rings is 2. The summed E-state index contributed by atoms with van der Waals surface area (Å²) in [5, 5.41) is 0. The Morgan fingerprint density at radius 3 is 1.82 bits per heavy atom. The second-order valence-electron chi connectivity index (χ2n) is 5.24. The van der Waals surface area contributed by atoms with Crippen molar-refractivity contribution >= 4 is 7.91 Å². The van der Waals surface area contributed by atoms with Crippen molar-refractivity contribution in [1.82, 2.24) is 0 Å². The third kappa shape index (κ3) is 7.05. The van der Waals surface area contributed by atoms with Gasteiger partial charge >= 0.3 is 87.1 Å². The first-order valence-electron chi connectivity index (χ1n) is 7.84. The van der Waals surface area contributed by atoms with Crippen LogP contribution in [0.5, 0.6) is 0 Å². The van der Waals surface area contributed by atoms with Gasteiger partial charge in [0, 0.05) is 0 Å². The van der Waals surface area contributed by atoms with Gasteiger partial charge < -0.3 is 0 Å². The van der Waals surface area contributed by atoms with Gasteiger partial charge in [-0.2, -0.15) is 0 Å². The Morgan fingerprint density at radius 2 is 1.23 bits per heavy atom. The van der Waals surface area contributed by atoms with E-state index in [9.17, 15) is 0 Å². The van der Waals surface area contributed by atoms with Gasteiger partial charge in [-0.3, -0.25) is 0 Å². The fourth-order valence-electron chi connectivity index (χ4n) is 2.09. The summed E-state index contributed by atoms with van der Waals surface area (Å²) in [7, 11) is 0. The molecule has 0 unspecified atom stereocenters. The van der Waals surface area contributed by atoms with Crippen LogP contribution >= 0.6 is 0 Å². The van der Waals surface area contributed by atoms with Gasteiger partial charge in [0.15, 0.2) is 0 Å². The van der Waals surface area contributed by atoms with Crippen molar-refractivity contribution in [2.75, 3.05) is 0 Å². The molecule has 0 atom stereocenters. The molecule has 0 amide bonds. The molecule has 0 bridgehead atoms. The Bertz CT molecular complexity index is 544. The molecule has 0 nitrogen and oxygen atoms in total. The van der Waals surface area contributed by atoms with Crippen LogP contribution in [0.3, 0.4) is 0 Å². The van der Waals surface area contributed by atoms with Crippen molar-refractivity contribution in [3.63, 3.8) is 0 Å². The molecule has 0 saturated heterocycles. The zero-order valence-corrected chi connectivity index (χ0v) is 15.4. The van der Waals surface area contributed by atoms with E-state index in [1.807, 2.05) is 0 Å². The molecule has 2 aromatic rings. The van der Waals surface area contributed by atoms with E-state index in [1.165, 1.54) is 33.6 Å². The number of hydrogen-bond acceptors (Lipinski definition) is 0. The van der Waals surface area contributed by atoms with Gasteiger partial charge in [-0.1, -0.05) is 23.8 Å². The topological polar surface area (TPSA) is 0 Å². The van der Waals surface area contributed by atoms with Crippen molar-refractivity contribution in [1.29, 1.82) is 0 Å². The van der Waals surface area contributed by atoms with Crippen LogP contribution in [0, 0.1) is 0 Å². The summed E-state index contributed by atoms with van der Waals surface area (Å²) in [5.41, 5.74) is 1.55. The normalized spacial score (nSPS) is 18.1. The van der Waals surface area contributed by atoms with Crippen LogP contribution in [0.25, 0.3) is 0 Å². The van der Waals surface area contributed by atoms with E-state index < -0.39 is 0 Å². The van der Waals surface area contributed by atoms with Crippen molar-refractivity contribution in [2.45, 2.75) is 32.6 Å². The Kier molecular flexibility index (Phi) is 7.99. The molecule has 1 aliphatic carbocycles.